The Morgan fingerprint density at radius 1 is 0.917 bits per heavy atom. The molecule has 0 unspecified atom stereocenters. The van der Waals surface area contributed by atoms with Crippen LogP contribution in [0, 0.1) is 11.5 Å². The number of rotatable bonds is 8. The van der Waals surface area contributed by atoms with Crippen LogP contribution in [0.2, 0.25) is 16.6 Å². The Morgan fingerprint density at radius 3 is 1.83 bits per heavy atom. The van der Waals surface area contributed by atoms with Crippen LogP contribution >= 0.6 is 0 Å². The van der Waals surface area contributed by atoms with E-state index < -0.39 is 31.6 Å². The van der Waals surface area contributed by atoms with Gasteiger partial charge in [-0.2, -0.15) is 13.2 Å². The predicted octanol–water partition coefficient (Wildman–Crippen LogP) is 6.58. The Kier molecular flexibility index (Phi) is 11.3. The summed E-state index contributed by atoms with van der Waals surface area (Å²) in [7, 11) is -2.26. The molecular weight excluding hydrogens is 481 g/mol. The third kappa shape index (κ3) is 7.38. The third-order valence-electron chi connectivity index (χ3n) is 6.95. The number of nitrogens with zero attached hydrogens (tertiary/aromatic N) is 1. The second-order valence-electron chi connectivity index (χ2n) is 10.9. The van der Waals surface area contributed by atoms with Crippen molar-refractivity contribution in [1.29, 1.82) is 0 Å². The van der Waals surface area contributed by atoms with Crippen LogP contribution in [0.4, 0.5) is 13.2 Å². The molecule has 0 fully saturated rings. The number of carbonyl (C=O) groups excluding carboxylic acids is 2. The van der Waals surface area contributed by atoms with Crippen molar-refractivity contribution < 1.29 is 22.8 Å². The van der Waals surface area contributed by atoms with Gasteiger partial charge < -0.3 is 10.2 Å². The van der Waals surface area contributed by atoms with Crippen molar-refractivity contribution in [2.75, 3.05) is 6.54 Å². The molecule has 0 heterocycles. The van der Waals surface area contributed by atoms with Crippen LogP contribution < -0.4 is 5.32 Å². The van der Waals surface area contributed by atoms with E-state index in [-0.39, 0.29) is 47.2 Å². The van der Waals surface area contributed by atoms with Gasteiger partial charge in [0.1, 0.15) is 8.07 Å². The monoisotopic (exact) mass is 524 g/mol. The number of carbonyl (C=O) groups is 2. The standard InChI is InChI=1S/C28H43F3N2O2Si/c1-18(2)33(19(3)4)27(35)26(34)32-16-14-23-12-11-13-25(28(29,30)31)24(23)15-17-36(20(5)6,21(7)8)22(9)10/h11-13,18-22H,14,16H2,1-10H3,(H,32,34). The summed E-state index contributed by atoms with van der Waals surface area (Å²) in [5.41, 5.74) is 3.85. The molecule has 0 saturated heterocycles. The van der Waals surface area contributed by atoms with Crippen LogP contribution in [-0.2, 0) is 22.2 Å². The van der Waals surface area contributed by atoms with Crippen molar-refractivity contribution in [3.05, 3.63) is 34.9 Å². The van der Waals surface area contributed by atoms with Crippen LogP contribution in [-0.4, -0.2) is 43.4 Å². The average Bonchev–Trinajstić information content (AvgIpc) is 2.72. The van der Waals surface area contributed by atoms with E-state index >= 15 is 0 Å². The van der Waals surface area contributed by atoms with Gasteiger partial charge in [-0.3, -0.25) is 9.59 Å². The van der Waals surface area contributed by atoms with Gasteiger partial charge in [0.2, 0.25) is 0 Å². The quantitative estimate of drug-likeness (QED) is 0.237. The Balaban J connectivity index is 3.37. The zero-order valence-corrected chi connectivity index (χ0v) is 24.4. The van der Waals surface area contributed by atoms with Gasteiger partial charge in [-0.1, -0.05) is 59.6 Å². The molecule has 0 aliphatic heterocycles. The summed E-state index contributed by atoms with van der Waals surface area (Å²) in [6.45, 7) is 20.0. The normalized spacial score (nSPS) is 12.4. The molecule has 0 spiro atoms. The highest BCUT2D eigenvalue weighted by Crippen LogP contribution is 2.41. The number of amides is 2. The van der Waals surface area contributed by atoms with Gasteiger partial charge in [0.15, 0.2) is 0 Å². The Hall–Kier alpha value is -2.27. The number of hydrogen-bond acceptors (Lipinski definition) is 2. The second-order valence-corrected chi connectivity index (χ2v) is 16.5. The summed E-state index contributed by atoms with van der Waals surface area (Å²) >= 11 is 0. The van der Waals surface area contributed by atoms with E-state index in [1.54, 1.807) is 6.07 Å². The minimum atomic E-state index is -4.55. The molecular formula is C28H43F3N2O2Si. The first kappa shape index (κ1) is 31.8. The lowest BCUT2D eigenvalue weighted by Crippen LogP contribution is -2.49. The molecule has 36 heavy (non-hydrogen) atoms. The summed E-state index contributed by atoms with van der Waals surface area (Å²) in [5, 5.41) is 2.58. The van der Waals surface area contributed by atoms with Crippen LogP contribution in [0.1, 0.15) is 85.9 Å². The smallest absolute Gasteiger partial charge is 0.347 e. The Bertz CT molecular complexity index is 943. The highest BCUT2D eigenvalue weighted by molar-refractivity contribution is 6.90. The summed E-state index contributed by atoms with van der Waals surface area (Å²) in [6, 6.07) is 3.74. The first-order valence-corrected chi connectivity index (χ1v) is 15.0. The van der Waals surface area contributed by atoms with Gasteiger partial charge >= 0.3 is 18.0 Å². The molecule has 0 atom stereocenters. The van der Waals surface area contributed by atoms with E-state index in [0.29, 0.717) is 5.56 Å². The van der Waals surface area contributed by atoms with E-state index in [1.165, 1.54) is 11.0 Å². The topological polar surface area (TPSA) is 49.4 Å². The molecule has 0 aromatic heterocycles. The van der Waals surface area contributed by atoms with Crippen molar-refractivity contribution >= 4 is 19.9 Å². The summed E-state index contributed by atoms with van der Waals surface area (Å²) in [6.07, 6.45) is -4.41. The lowest BCUT2D eigenvalue weighted by Gasteiger charge is -2.38. The maximum atomic E-state index is 13.9. The van der Waals surface area contributed by atoms with E-state index in [9.17, 15) is 22.8 Å². The molecule has 4 nitrogen and oxygen atoms in total. The van der Waals surface area contributed by atoms with Gasteiger partial charge in [-0.05, 0) is 62.4 Å². The zero-order chi connectivity index (χ0) is 28.0. The number of benzene rings is 1. The molecule has 8 heteroatoms. The lowest BCUT2D eigenvalue weighted by atomic mass is 9.99. The molecule has 1 aromatic carbocycles. The van der Waals surface area contributed by atoms with Gasteiger partial charge in [0.05, 0.1) is 5.56 Å². The predicted molar refractivity (Wildman–Crippen MR) is 143 cm³/mol. The molecule has 1 aromatic rings. The molecule has 0 aliphatic carbocycles. The molecule has 202 valence electrons. The van der Waals surface area contributed by atoms with Crippen molar-refractivity contribution in [3.8, 4) is 11.5 Å². The average molecular weight is 525 g/mol. The van der Waals surface area contributed by atoms with Gasteiger partial charge in [-0.15, -0.1) is 5.54 Å². The summed E-state index contributed by atoms with van der Waals surface area (Å²) in [4.78, 5) is 26.5. The van der Waals surface area contributed by atoms with Gasteiger partial charge in [0.25, 0.3) is 0 Å². The number of hydrogen-bond donors (Lipinski definition) is 1. The molecule has 1 N–H and O–H groups in total. The van der Waals surface area contributed by atoms with Crippen molar-refractivity contribution in [2.24, 2.45) is 0 Å². The summed E-state index contributed by atoms with van der Waals surface area (Å²) < 4.78 is 41.8. The molecule has 0 saturated carbocycles. The second kappa shape index (κ2) is 12.8. The highest BCUT2D eigenvalue weighted by Gasteiger charge is 2.42. The van der Waals surface area contributed by atoms with Crippen molar-refractivity contribution in [2.45, 2.75) is 111 Å². The maximum Gasteiger partial charge on any atom is 0.417 e. The SMILES string of the molecule is CC(C)N(C(=O)C(=O)NCCc1cccc(C(F)(F)F)c1C#C[Si](C(C)C)(C(C)C)C(C)C)C(C)C. The fourth-order valence-corrected chi connectivity index (χ4v) is 10.6. The van der Waals surface area contributed by atoms with Crippen molar-refractivity contribution in [1.82, 2.24) is 10.2 Å². The molecule has 0 radical (unpaired) electrons. The maximum absolute atomic E-state index is 13.9. The largest absolute Gasteiger partial charge is 0.417 e. The van der Waals surface area contributed by atoms with Crippen LogP contribution in [0.15, 0.2) is 18.2 Å². The van der Waals surface area contributed by atoms with E-state index in [2.05, 4.69) is 58.3 Å². The molecule has 0 aliphatic rings. The van der Waals surface area contributed by atoms with Crippen LogP contribution in [0.3, 0.4) is 0 Å². The van der Waals surface area contributed by atoms with E-state index in [1.807, 2.05) is 27.7 Å². The fourth-order valence-electron chi connectivity index (χ4n) is 5.36. The number of nitrogens with one attached hydrogen (secondary N) is 1. The first-order chi connectivity index (χ1) is 16.5. The van der Waals surface area contributed by atoms with Crippen LogP contribution in [0.25, 0.3) is 0 Å². The van der Waals surface area contributed by atoms with Crippen molar-refractivity contribution in [3.63, 3.8) is 0 Å². The van der Waals surface area contributed by atoms with Gasteiger partial charge in [0, 0.05) is 24.2 Å². The van der Waals surface area contributed by atoms with E-state index in [4.69, 9.17) is 0 Å². The fraction of sp³-hybridized carbons (Fsp3) is 0.643. The lowest BCUT2D eigenvalue weighted by molar-refractivity contribution is -0.148. The minimum Gasteiger partial charge on any atom is -0.347 e. The van der Waals surface area contributed by atoms with E-state index in [0.717, 1.165) is 6.07 Å². The number of alkyl halides is 3. The van der Waals surface area contributed by atoms with Gasteiger partial charge in [-0.25, -0.2) is 0 Å². The Labute approximate surface area is 216 Å². The minimum absolute atomic E-state index is 0.0320. The summed E-state index contributed by atoms with van der Waals surface area (Å²) in [5.74, 6) is 1.58. The molecule has 2 amide bonds. The first-order valence-electron chi connectivity index (χ1n) is 12.8. The zero-order valence-electron chi connectivity index (χ0n) is 23.4. The number of halogens is 3. The van der Waals surface area contributed by atoms with Crippen LogP contribution in [0.5, 0.6) is 0 Å². The highest BCUT2D eigenvalue weighted by atomic mass is 28.3. The Morgan fingerprint density at radius 2 is 1.42 bits per heavy atom. The molecule has 1 rings (SSSR count). The molecule has 0 bridgehead atoms. The third-order valence-corrected chi connectivity index (χ3v) is 13.2.